The van der Waals surface area contributed by atoms with E-state index in [1.165, 1.54) is 12.1 Å². The first-order valence-corrected chi connectivity index (χ1v) is 8.23. The van der Waals surface area contributed by atoms with E-state index >= 15 is 0 Å². The summed E-state index contributed by atoms with van der Waals surface area (Å²) in [6, 6.07) is 10.9. The molecule has 1 aromatic heterocycles. The van der Waals surface area contributed by atoms with Crippen molar-refractivity contribution in [1.82, 2.24) is 9.88 Å². The fourth-order valence-corrected chi connectivity index (χ4v) is 2.96. The first-order chi connectivity index (χ1) is 11.9. The molecule has 0 saturated carbocycles. The average Bonchev–Trinajstić information content (AvgIpc) is 2.62. The van der Waals surface area contributed by atoms with Crippen molar-refractivity contribution in [2.24, 2.45) is 0 Å². The minimum atomic E-state index is -4.33. The molecule has 8 heteroatoms. The van der Waals surface area contributed by atoms with E-state index in [0.717, 1.165) is 6.07 Å². The minimum absolute atomic E-state index is 0.572. The molecule has 0 aliphatic carbocycles. The van der Waals surface area contributed by atoms with Gasteiger partial charge in [0.05, 0.1) is 5.56 Å². The second-order valence-corrected chi connectivity index (χ2v) is 6.05. The van der Waals surface area contributed by atoms with Crippen LogP contribution in [0.15, 0.2) is 48.7 Å². The monoisotopic (exact) mass is 366 g/mol. The summed E-state index contributed by atoms with van der Waals surface area (Å²) in [7, 11) is 0. The van der Waals surface area contributed by atoms with Crippen LogP contribution in [0.1, 0.15) is 5.56 Å². The zero-order valence-electron chi connectivity index (χ0n) is 13.3. The molecule has 132 valence electrons. The van der Waals surface area contributed by atoms with E-state index in [1.807, 2.05) is 28.0 Å². The third-order valence-electron chi connectivity index (χ3n) is 4.01. The fourth-order valence-electron chi connectivity index (χ4n) is 2.67. The number of aromatic nitrogens is 1. The third kappa shape index (κ3) is 4.39. The van der Waals surface area contributed by atoms with Crippen LogP contribution in [0, 0.1) is 0 Å². The van der Waals surface area contributed by atoms with Crippen LogP contribution in [0.5, 0.6) is 0 Å². The molecule has 1 saturated heterocycles. The number of alkyl halides is 3. The first kappa shape index (κ1) is 17.5. The fraction of sp³-hybridized carbons (Fsp3) is 0.294. The molecule has 25 heavy (non-hydrogen) atoms. The van der Waals surface area contributed by atoms with Crippen LogP contribution >= 0.6 is 12.2 Å². The van der Waals surface area contributed by atoms with Gasteiger partial charge in [-0.3, -0.25) is 0 Å². The molecule has 4 nitrogen and oxygen atoms in total. The lowest BCUT2D eigenvalue weighted by Gasteiger charge is -2.37. The van der Waals surface area contributed by atoms with Crippen molar-refractivity contribution in [3.8, 4) is 0 Å². The maximum absolute atomic E-state index is 12.9. The molecule has 3 rings (SSSR count). The molecule has 0 spiro atoms. The van der Waals surface area contributed by atoms with Gasteiger partial charge in [-0.2, -0.15) is 13.2 Å². The van der Waals surface area contributed by atoms with Crippen molar-refractivity contribution in [1.29, 1.82) is 0 Å². The van der Waals surface area contributed by atoms with Crippen LogP contribution in [0.25, 0.3) is 0 Å². The zero-order valence-corrected chi connectivity index (χ0v) is 14.1. The van der Waals surface area contributed by atoms with Crippen LogP contribution < -0.4 is 10.2 Å². The summed E-state index contributed by atoms with van der Waals surface area (Å²) in [5.74, 6) is 0.674. The van der Waals surface area contributed by atoms with Gasteiger partial charge in [0, 0.05) is 38.1 Å². The molecule has 1 aliphatic heterocycles. The van der Waals surface area contributed by atoms with Gasteiger partial charge in [-0.05, 0) is 42.5 Å². The molecule has 0 bridgehead atoms. The molecule has 0 amide bonds. The van der Waals surface area contributed by atoms with Crippen LogP contribution in [-0.2, 0) is 6.18 Å². The van der Waals surface area contributed by atoms with Crippen LogP contribution in [0.4, 0.5) is 24.7 Å². The molecule has 0 unspecified atom stereocenters. The summed E-state index contributed by atoms with van der Waals surface area (Å²) in [5.41, 5.74) is -0.0437. The van der Waals surface area contributed by atoms with Crippen LogP contribution in [0.2, 0.25) is 0 Å². The second-order valence-electron chi connectivity index (χ2n) is 5.67. The number of nitrogens with zero attached hydrogens (tertiary/aromatic N) is 3. The zero-order chi connectivity index (χ0) is 17.9. The predicted octanol–water partition coefficient (Wildman–Crippen LogP) is 3.62. The topological polar surface area (TPSA) is 31.4 Å². The van der Waals surface area contributed by atoms with Crippen molar-refractivity contribution < 1.29 is 13.2 Å². The number of pyridine rings is 1. The summed E-state index contributed by atoms with van der Waals surface area (Å²) in [4.78, 5) is 8.10. The highest BCUT2D eigenvalue weighted by Crippen LogP contribution is 2.31. The Morgan fingerprint density at radius 3 is 2.44 bits per heavy atom. The molecule has 0 radical (unpaired) electrons. The summed E-state index contributed by atoms with van der Waals surface area (Å²) >= 11 is 5.39. The van der Waals surface area contributed by atoms with Gasteiger partial charge in [0.1, 0.15) is 5.82 Å². The van der Waals surface area contributed by atoms with E-state index in [-0.39, 0.29) is 0 Å². The van der Waals surface area contributed by atoms with Gasteiger partial charge in [0.25, 0.3) is 0 Å². The van der Waals surface area contributed by atoms with Gasteiger partial charge in [-0.1, -0.05) is 12.1 Å². The lowest BCUT2D eigenvalue weighted by Crippen LogP contribution is -2.50. The molecule has 1 aliphatic rings. The number of halogens is 3. The third-order valence-corrected chi connectivity index (χ3v) is 4.37. The van der Waals surface area contributed by atoms with E-state index in [1.54, 1.807) is 12.3 Å². The molecule has 1 aromatic carbocycles. The van der Waals surface area contributed by atoms with Crippen molar-refractivity contribution in [3.63, 3.8) is 0 Å². The Kier molecular flexibility index (Phi) is 5.08. The van der Waals surface area contributed by atoms with E-state index in [0.29, 0.717) is 42.8 Å². The molecule has 1 N–H and O–H groups in total. The van der Waals surface area contributed by atoms with Gasteiger partial charge >= 0.3 is 6.18 Å². The lowest BCUT2D eigenvalue weighted by molar-refractivity contribution is -0.137. The molecule has 0 atom stereocenters. The summed E-state index contributed by atoms with van der Waals surface area (Å²) in [5, 5.41) is 3.65. The first-order valence-electron chi connectivity index (χ1n) is 7.83. The number of benzene rings is 1. The SMILES string of the molecule is FC(F)(F)c1cccc(N2CCN(C(=S)Nc3ccccn3)CC2)c1. The van der Waals surface area contributed by atoms with E-state index in [2.05, 4.69) is 10.3 Å². The summed E-state index contributed by atoms with van der Waals surface area (Å²) in [6.07, 6.45) is -2.65. The highest BCUT2D eigenvalue weighted by atomic mass is 32.1. The summed E-state index contributed by atoms with van der Waals surface area (Å²) in [6.45, 7) is 2.47. The Morgan fingerprint density at radius 1 is 1.04 bits per heavy atom. The van der Waals surface area contributed by atoms with Gasteiger partial charge < -0.3 is 15.1 Å². The maximum Gasteiger partial charge on any atom is 0.416 e. The average molecular weight is 366 g/mol. The molecular weight excluding hydrogens is 349 g/mol. The Hall–Kier alpha value is -2.35. The van der Waals surface area contributed by atoms with Crippen molar-refractivity contribution in [3.05, 3.63) is 54.2 Å². The summed E-state index contributed by atoms with van der Waals surface area (Å²) < 4.78 is 38.6. The lowest BCUT2D eigenvalue weighted by atomic mass is 10.1. The normalized spacial score (nSPS) is 15.2. The number of nitrogens with one attached hydrogen (secondary N) is 1. The van der Waals surface area contributed by atoms with Gasteiger partial charge in [-0.25, -0.2) is 4.98 Å². The van der Waals surface area contributed by atoms with Crippen LogP contribution in [0.3, 0.4) is 0 Å². The largest absolute Gasteiger partial charge is 0.416 e. The van der Waals surface area contributed by atoms with Gasteiger partial charge in [0.15, 0.2) is 5.11 Å². The number of hydrogen-bond donors (Lipinski definition) is 1. The van der Waals surface area contributed by atoms with Gasteiger partial charge in [0.2, 0.25) is 0 Å². The number of anilines is 2. The van der Waals surface area contributed by atoms with E-state index in [9.17, 15) is 13.2 Å². The maximum atomic E-state index is 12.9. The number of thiocarbonyl (C=S) groups is 1. The van der Waals surface area contributed by atoms with Crippen molar-refractivity contribution in [2.75, 3.05) is 36.4 Å². The molecule has 2 aromatic rings. The number of piperazine rings is 1. The second kappa shape index (κ2) is 7.26. The Labute approximate surface area is 149 Å². The van der Waals surface area contributed by atoms with Crippen molar-refractivity contribution in [2.45, 2.75) is 6.18 Å². The molecular formula is C17H17F3N4S. The highest BCUT2D eigenvalue weighted by molar-refractivity contribution is 7.80. The van der Waals surface area contributed by atoms with E-state index < -0.39 is 11.7 Å². The Morgan fingerprint density at radius 2 is 1.80 bits per heavy atom. The number of hydrogen-bond acceptors (Lipinski definition) is 3. The quantitative estimate of drug-likeness (QED) is 0.821. The molecule has 2 heterocycles. The minimum Gasteiger partial charge on any atom is -0.368 e. The van der Waals surface area contributed by atoms with Crippen molar-refractivity contribution >= 4 is 28.8 Å². The Bertz CT molecular complexity index is 728. The molecule has 1 fully saturated rings. The Balaban J connectivity index is 1.59. The van der Waals surface area contributed by atoms with Gasteiger partial charge in [-0.15, -0.1) is 0 Å². The number of rotatable bonds is 2. The smallest absolute Gasteiger partial charge is 0.368 e. The van der Waals surface area contributed by atoms with Crippen LogP contribution in [-0.4, -0.2) is 41.2 Å². The highest BCUT2D eigenvalue weighted by Gasteiger charge is 2.31. The predicted molar refractivity (Wildman–Crippen MR) is 95.7 cm³/mol. The standard InChI is InChI=1S/C17H17F3N4S/c18-17(19,20)13-4-3-5-14(12-13)23-8-10-24(11-9-23)16(25)22-15-6-1-2-7-21-15/h1-7,12H,8-11H2,(H,21,22,25). The van der Waals surface area contributed by atoms with E-state index in [4.69, 9.17) is 12.2 Å².